The number of primary amides is 1. The first-order chi connectivity index (χ1) is 11.5. The molecule has 1 atom stereocenters. The van der Waals surface area contributed by atoms with Crippen molar-refractivity contribution in [2.45, 2.75) is 25.1 Å². The van der Waals surface area contributed by atoms with Gasteiger partial charge in [0.1, 0.15) is 11.9 Å². The highest BCUT2D eigenvalue weighted by molar-refractivity contribution is 6.42. The minimum absolute atomic E-state index is 0.167. The molecule has 1 amide bonds. The molecule has 5 nitrogen and oxygen atoms in total. The van der Waals surface area contributed by atoms with E-state index in [4.69, 9.17) is 38.4 Å². The van der Waals surface area contributed by atoms with Gasteiger partial charge >= 0.3 is 12.3 Å². The van der Waals surface area contributed by atoms with Gasteiger partial charge in [0.25, 0.3) is 0 Å². The van der Waals surface area contributed by atoms with Crippen LogP contribution in [0.1, 0.15) is 30.1 Å². The zero-order valence-electron chi connectivity index (χ0n) is 13.5. The Balaban J connectivity index is 2.32. The van der Waals surface area contributed by atoms with Gasteiger partial charge in [0.05, 0.1) is 23.7 Å². The van der Waals surface area contributed by atoms with Gasteiger partial charge in [0.15, 0.2) is 0 Å². The molecule has 2 N–H and O–H groups in total. The van der Waals surface area contributed by atoms with E-state index in [9.17, 15) is 18.0 Å². The summed E-state index contributed by atoms with van der Waals surface area (Å²) in [5.41, 5.74) is 5.98. The van der Waals surface area contributed by atoms with E-state index in [1.54, 1.807) is 6.92 Å². The van der Waals surface area contributed by atoms with Crippen LogP contribution in [0.15, 0.2) is 6.07 Å². The first-order valence-corrected chi connectivity index (χ1v) is 8.10. The van der Waals surface area contributed by atoms with E-state index in [0.717, 1.165) is 0 Å². The Morgan fingerprint density at radius 1 is 1.44 bits per heavy atom. The van der Waals surface area contributed by atoms with Crippen molar-refractivity contribution in [2.24, 2.45) is 5.73 Å². The number of alkyl halides is 3. The van der Waals surface area contributed by atoms with E-state index in [-0.39, 0.29) is 29.1 Å². The molecule has 0 aromatic heterocycles. The number of methoxy groups -OCH3 is 1. The lowest BCUT2D eigenvalue weighted by Crippen LogP contribution is -2.49. The van der Waals surface area contributed by atoms with Crippen molar-refractivity contribution in [3.8, 4) is 5.75 Å². The summed E-state index contributed by atoms with van der Waals surface area (Å²) in [4.78, 5) is 12.2. The molecule has 1 aromatic carbocycles. The maximum atomic E-state index is 12.5. The number of carbonyl (C=O) groups is 1. The summed E-state index contributed by atoms with van der Waals surface area (Å²) in [5.74, 6) is 0.0582. The number of carbonyl (C=O) groups excluding carboxylic acids is 1. The Morgan fingerprint density at radius 3 is 2.52 bits per heavy atom. The van der Waals surface area contributed by atoms with E-state index in [1.807, 2.05) is 0 Å². The lowest BCUT2D eigenvalue weighted by molar-refractivity contribution is -0.154. The first-order valence-electron chi connectivity index (χ1n) is 7.34. The highest BCUT2D eigenvalue weighted by Crippen LogP contribution is 2.46. The number of hydrogen-bond donors (Lipinski definition) is 1. The summed E-state index contributed by atoms with van der Waals surface area (Å²) in [7, 11) is 1.40. The molecule has 0 bridgehead atoms. The average Bonchev–Trinajstić information content (AvgIpc) is 2.43. The Bertz CT molecular complexity index is 664. The molecule has 140 valence electrons. The zero-order chi connectivity index (χ0) is 18.9. The van der Waals surface area contributed by atoms with E-state index in [1.165, 1.54) is 18.1 Å². The molecule has 0 radical (unpaired) electrons. The second-order valence-electron chi connectivity index (χ2n) is 5.79. The Morgan fingerprint density at radius 2 is 2.04 bits per heavy atom. The lowest BCUT2D eigenvalue weighted by Gasteiger charge is -2.41. The van der Waals surface area contributed by atoms with Gasteiger partial charge < -0.3 is 15.2 Å². The van der Waals surface area contributed by atoms with Gasteiger partial charge in [-0.25, -0.2) is 4.79 Å². The molecule has 1 heterocycles. The maximum Gasteiger partial charge on any atom is 0.405 e. The van der Waals surface area contributed by atoms with Crippen molar-refractivity contribution in [1.82, 2.24) is 4.90 Å². The van der Waals surface area contributed by atoms with Crippen LogP contribution in [0.4, 0.5) is 18.0 Å². The van der Waals surface area contributed by atoms with Crippen molar-refractivity contribution < 1.29 is 27.4 Å². The predicted molar refractivity (Wildman–Crippen MR) is 87.3 cm³/mol. The Labute approximate surface area is 152 Å². The van der Waals surface area contributed by atoms with Crippen LogP contribution < -0.4 is 10.5 Å². The molecule has 0 saturated carbocycles. The number of likely N-dealkylation sites (tertiary alicyclic amines) is 1. The van der Waals surface area contributed by atoms with Crippen LogP contribution in [0.25, 0.3) is 0 Å². The molecule has 1 aliphatic rings. The number of ether oxygens (including phenoxy) is 2. The number of rotatable bonds is 5. The van der Waals surface area contributed by atoms with Gasteiger partial charge in [0.2, 0.25) is 0 Å². The summed E-state index contributed by atoms with van der Waals surface area (Å²) in [6.45, 7) is 0.923. The quantitative estimate of drug-likeness (QED) is 0.807. The molecule has 0 spiro atoms. The lowest BCUT2D eigenvalue weighted by atomic mass is 9.88. The number of benzene rings is 1. The molecule has 10 heteroatoms. The third-order valence-corrected chi connectivity index (χ3v) is 4.74. The molecule has 0 aliphatic carbocycles. The number of halogens is 5. The van der Waals surface area contributed by atoms with Crippen LogP contribution in [-0.4, -0.2) is 43.9 Å². The number of nitrogens with zero attached hydrogens (tertiary/aromatic N) is 1. The highest BCUT2D eigenvalue weighted by atomic mass is 35.5. The minimum atomic E-state index is -4.26. The monoisotopic (exact) mass is 400 g/mol. The minimum Gasteiger partial charge on any atom is -0.496 e. The summed E-state index contributed by atoms with van der Waals surface area (Å²) in [6.07, 6.45) is -5.99. The van der Waals surface area contributed by atoms with Gasteiger partial charge in [-0.3, -0.25) is 4.90 Å². The molecule has 1 aliphatic heterocycles. The smallest absolute Gasteiger partial charge is 0.405 e. The van der Waals surface area contributed by atoms with Crippen molar-refractivity contribution >= 4 is 29.3 Å². The van der Waals surface area contributed by atoms with E-state index in [0.29, 0.717) is 16.9 Å². The molecule has 1 saturated heterocycles. The fraction of sp³-hybridized carbons (Fsp3) is 0.533. The van der Waals surface area contributed by atoms with Gasteiger partial charge in [0, 0.05) is 30.1 Å². The average molecular weight is 401 g/mol. The SMILES string of the molecule is COc1c(C(C)OC(N)=O)cc(Cl)c(Cl)c1C1CN(CC(F)(F)F)C1. The van der Waals surface area contributed by atoms with Crippen LogP contribution in [-0.2, 0) is 4.74 Å². The summed E-state index contributed by atoms with van der Waals surface area (Å²) < 4.78 is 47.7. The van der Waals surface area contributed by atoms with E-state index in [2.05, 4.69) is 0 Å². The first kappa shape index (κ1) is 19.9. The van der Waals surface area contributed by atoms with Crippen molar-refractivity contribution in [3.05, 3.63) is 27.2 Å². The summed E-state index contributed by atoms with van der Waals surface area (Å²) in [6, 6.07) is 1.49. The molecule has 2 rings (SSSR count). The molecule has 1 aromatic rings. The molecule has 25 heavy (non-hydrogen) atoms. The fourth-order valence-corrected chi connectivity index (χ4v) is 3.43. The predicted octanol–water partition coefficient (Wildman–Crippen LogP) is 4.12. The number of amides is 1. The number of nitrogens with two attached hydrogens (primary N) is 1. The standard InChI is InChI=1S/C15H17Cl2F3N2O3/c1-7(25-14(21)23)9-3-10(16)12(17)11(13(9)24-2)8-4-22(5-8)6-15(18,19)20/h3,7-8H,4-6H2,1-2H3,(H2,21,23). The summed E-state index contributed by atoms with van der Waals surface area (Å²) >= 11 is 12.4. The van der Waals surface area contributed by atoms with Gasteiger partial charge in [-0.15, -0.1) is 0 Å². The third kappa shape index (κ3) is 4.62. The number of hydrogen-bond acceptors (Lipinski definition) is 4. The molecule has 1 unspecified atom stereocenters. The fourth-order valence-electron chi connectivity index (χ4n) is 2.92. The maximum absolute atomic E-state index is 12.5. The topological polar surface area (TPSA) is 64.8 Å². The van der Waals surface area contributed by atoms with Crippen molar-refractivity contribution in [3.63, 3.8) is 0 Å². The van der Waals surface area contributed by atoms with Crippen molar-refractivity contribution in [2.75, 3.05) is 26.7 Å². The van der Waals surface area contributed by atoms with Crippen LogP contribution in [0.3, 0.4) is 0 Å². The molecular formula is C15H17Cl2F3N2O3. The van der Waals surface area contributed by atoms with E-state index < -0.39 is 24.9 Å². The zero-order valence-corrected chi connectivity index (χ0v) is 15.0. The van der Waals surface area contributed by atoms with Crippen LogP contribution in [0, 0.1) is 0 Å². The van der Waals surface area contributed by atoms with Gasteiger partial charge in [-0.2, -0.15) is 13.2 Å². The van der Waals surface area contributed by atoms with E-state index >= 15 is 0 Å². The van der Waals surface area contributed by atoms with Crippen LogP contribution >= 0.6 is 23.2 Å². The Hall–Kier alpha value is -1.38. The second kappa shape index (κ2) is 7.47. The summed E-state index contributed by atoms with van der Waals surface area (Å²) in [5, 5.41) is 0.409. The van der Waals surface area contributed by atoms with Crippen LogP contribution in [0.5, 0.6) is 5.75 Å². The van der Waals surface area contributed by atoms with Crippen LogP contribution in [0.2, 0.25) is 10.0 Å². The van der Waals surface area contributed by atoms with Gasteiger partial charge in [-0.1, -0.05) is 23.2 Å². The highest BCUT2D eigenvalue weighted by Gasteiger charge is 2.40. The Kier molecular flexibility index (Phi) is 5.96. The second-order valence-corrected chi connectivity index (χ2v) is 6.58. The largest absolute Gasteiger partial charge is 0.496 e. The van der Waals surface area contributed by atoms with Gasteiger partial charge in [-0.05, 0) is 13.0 Å². The molecule has 1 fully saturated rings. The molecular weight excluding hydrogens is 384 g/mol. The normalized spacial score (nSPS) is 17.1. The van der Waals surface area contributed by atoms with Crippen molar-refractivity contribution in [1.29, 1.82) is 0 Å². The third-order valence-electron chi connectivity index (χ3n) is 3.94.